The molecule has 0 unspecified atom stereocenters. The molecule has 0 saturated heterocycles. The minimum atomic E-state index is -1.42. The van der Waals surface area contributed by atoms with Gasteiger partial charge >= 0.3 is 7.12 Å². The van der Waals surface area contributed by atoms with Crippen molar-refractivity contribution in [2.75, 3.05) is 0 Å². The Kier molecular flexibility index (Phi) is 3.98. The van der Waals surface area contributed by atoms with E-state index in [9.17, 15) is 0 Å². The van der Waals surface area contributed by atoms with Gasteiger partial charge in [-0.25, -0.2) is 0 Å². The zero-order chi connectivity index (χ0) is 12.1. The average molecular weight is 232 g/mol. The Balaban J connectivity index is 1.83. The van der Waals surface area contributed by atoms with Gasteiger partial charge in [-0.1, -0.05) is 24.3 Å². The maximum Gasteiger partial charge on any atom is 0.488 e. The second-order valence-electron chi connectivity index (χ2n) is 3.69. The van der Waals surface area contributed by atoms with E-state index in [1.807, 2.05) is 12.1 Å². The van der Waals surface area contributed by atoms with Crippen LogP contribution in [0.15, 0.2) is 47.1 Å². The molecule has 0 radical (unpaired) electrons. The third-order valence-corrected chi connectivity index (χ3v) is 2.37. The minimum absolute atomic E-state index is 0.428. The molecular formula is C12H13BO4. The summed E-state index contributed by atoms with van der Waals surface area (Å²) in [4.78, 5) is 0. The molecule has 2 N–H and O–H groups in total. The standard InChI is InChI=1S/C12H13BO4/c14-13(15)11-5-3-10(4-6-11)8-16-9-12-2-1-7-17-12/h1-7,14-15H,8-9H2. The van der Waals surface area contributed by atoms with Crippen LogP contribution >= 0.6 is 0 Å². The van der Waals surface area contributed by atoms with Crippen LogP contribution in [-0.2, 0) is 18.0 Å². The normalized spacial score (nSPS) is 10.5. The second kappa shape index (κ2) is 5.68. The summed E-state index contributed by atoms with van der Waals surface area (Å²) in [6.07, 6.45) is 1.61. The summed E-state index contributed by atoms with van der Waals surface area (Å²) >= 11 is 0. The first-order chi connectivity index (χ1) is 8.25. The first-order valence-corrected chi connectivity index (χ1v) is 5.31. The van der Waals surface area contributed by atoms with Gasteiger partial charge in [-0.3, -0.25) is 0 Å². The Labute approximate surface area is 99.6 Å². The van der Waals surface area contributed by atoms with Gasteiger partial charge in [0.05, 0.1) is 12.9 Å². The van der Waals surface area contributed by atoms with Crippen molar-refractivity contribution in [1.82, 2.24) is 0 Å². The lowest BCUT2D eigenvalue weighted by Gasteiger charge is -2.04. The zero-order valence-electron chi connectivity index (χ0n) is 9.24. The maximum absolute atomic E-state index is 8.93. The molecule has 0 bridgehead atoms. The van der Waals surface area contributed by atoms with Crippen LogP contribution in [0.4, 0.5) is 0 Å². The molecular weight excluding hydrogens is 219 g/mol. The van der Waals surface area contributed by atoms with Crippen molar-refractivity contribution in [2.45, 2.75) is 13.2 Å². The monoisotopic (exact) mass is 232 g/mol. The molecule has 17 heavy (non-hydrogen) atoms. The summed E-state index contributed by atoms with van der Waals surface area (Å²) in [7, 11) is -1.42. The summed E-state index contributed by atoms with van der Waals surface area (Å²) in [6, 6.07) is 10.6. The first-order valence-electron chi connectivity index (χ1n) is 5.31. The number of furan rings is 1. The molecule has 2 aromatic rings. The Morgan fingerprint density at radius 2 is 1.82 bits per heavy atom. The lowest BCUT2D eigenvalue weighted by atomic mass is 9.80. The van der Waals surface area contributed by atoms with Gasteiger partial charge in [-0.15, -0.1) is 0 Å². The molecule has 4 nitrogen and oxygen atoms in total. The molecule has 88 valence electrons. The largest absolute Gasteiger partial charge is 0.488 e. The predicted octanol–water partition coefficient (Wildman–Crippen LogP) is 0.676. The molecule has 0 amide bonds. The van der Waals surface area contributed by atoms with E-state index in [1.165, 1.54) is 0 Å². The number of benzene rings is 1. The van der Waals surface area contributed by atoms with Crippen molar-refractivity contribution in [2.24, 2.45) is 0 Å². The summed E-state index contributed by atoms with van der Waals surface area (Å²) in [5.74, 6) is 0.785. The van der Waals surface area contributed by atoms with Crippen LogP contribution in [0.1, 0.15) is 11.3 Å². The van der Waals surface area contributed by atoms with E-state index in [-0.39, 0.29) is 0 Å². The van der Waals surface area contributed by atoms with Crippen molar-refractivity contribution in [1.29, 1.82) is 0 Å². The predicted molar refractivity (Wildman–Crippen MR) is 63.5 cm³/mol. The number of hydrogen-bond acceptors (Lipinski definition) is 4. The van der Waals surface area contributed by atoms with Crippen molar-refractivity contribution < 1.29 is 19.2 Å². The quantitative estimate of drug-likeness (QED) is 0.744. The van der Waals surface area contributed by atoms with E-state index in [0.717, 1.165) is 11.3 Å². The van der Waals surface area contributed by atoms with Gasteiger partial charge < -0.3 is 19.2 Å². The summed E-state index contributed by atoms with van der Waals surface area (Å²) < 4.78 is 10.6. The van der Waals surface area contributed by atoms with Crippen LogP contribution < -0.4 is 5.46 Å². The number of ether oxygens (including phenoxy) is 1. The smallest absolute Gasteiger partial charge is 0.467 e. The van der Waals surface area contributed by atoms with Gasteiger partial charge in [0, 0.05) is 0 Å². The maximum atomic E-state index is 8.93. The fraction of sp³-hybridized carbons (Fsp3) is 0.167. The Bertz CT molecular complexity index is 436. The molecule has 0 aliphatic rings. The highest BCUT2D eigenvalue weighted by Gasteiger charge is 2.09. The molecule has 0 spiro atoms. The lowest BCUT2D eigenvalue weighted by molar-refractivity contribution is 0.0929. The van der Waals surface area contributed by atoms with Gasteiger partial charge in [0.1, 0.15) is 12.4 Å². The van der Waals surface area contributed by atoms with Gasteiger partial charge in [0.15, 0.2) is 0 Å². The van der Waals surface area contributed by atoms with Crippen LogP contribution in [0.3, 0.4) is 0 Å². The van der Waals surface area contributed by atoms with Gasteiger partial charge in [0.25, 0.3) is 0 Å². The van der Waals surface area contributed by atoms with E-state index in [0.29, 0.717) is 18.7 Å². The molecule has 2 rings (SSSR count). The summed E-state index contributed by atoms with van der Waals surface area (Å²) in [5, 5.41) is 17.9. The van der Waals surface area contributed by atoms with E-state index in [1.54, 1.807) is 30.5 Å². The number of rotatable bonds is 5. The molecule has 5 heteroatoms. The summed E-state index contributed by atoms with van der Waals surface area (Å²) in [6.45, 7) is 0.889. The Morgan fingerprint density at radius 1 is 1.06 bits per heavy atom. The summed E-state index contributed by atoms with van der Waals surface area (Å²) in [5.41, 5.74) is 1.45. The van der Waals surface area contributed by atoms with Crippen molar-refractivity contribution >= 4 is 12.6 Å². The van der Waals surface area contributed by atoms with Crippen LogP contribution in [0.25, 0.3) is 0 Å². The molecule has 0 saturated carbocycles. The molecule has 1 aromatic heterocycles. The van der Waals surface area contributed by atoms with E-state index >= 15 is 0 Å². The molecule has 1 aromatic carbocycles. The molecule has 1 heterocycles. The lowest BCUT2D eigenvalue weighted by Crippen LogP contribution is -2.29. The Hall–Kier alpha value is -1.56. The fourth-order valence-electron chi connectivity index (χ4n) is 1.45. The topological polar surface area (TPSA) is 62.8 Å². The van der Waals surface area contributed by atoms with Crippen molar-refractivity contribution in [3.05, 3.63) is 54.0 Å². The molecule has 0 fully saturated rings. The van der Waals surface area contributed by atoms with Crippen LogP contribution in [0, 0.1) is 0 Å². The highest BCUT2D eigenvalue weighted by Crippen LogP contribution is 2.05. The zero-order valence-corrected chi connectivity index (χ0v) is 9.24. The van der Waals surface area contributed by atoms with Crippen molar-refractivity contribution in [3.8, 4) is 0 Å². The third kappa shape index (κ3) is 3.46. The minimum Gasteiger partial charge on any atom is -0.467 e. The highest BCUT2D eigenvalue weighted by atomic mass is 16.5. The SMILES string of the molecule is OB(O)c1ccc(COCc2ccco2)cc1. The third-order valence-electron chi connectivity index (χ3n) is 2.37. The van der Waals surface area contributed by atoms with Gasteiger partial charge in [0.2, 0.25) is 0 Å². The first kappa shape index (κ1) is 11.9. The molecule has 0 atom stereocenters. The van der Waals surface area contributed by atoms with Crippen LogP contribution in [-0.4, -0.2) is 17.2 Å². The van der Waals surface area contributed by atoms with E-state index in [4.69, 9.17) is 19.2 Å². The van der Waals surface area contributed by atoms with Gasteiger partial charge in [-0.2, -0.15) is 0 Å². The fourth-order valence-corrected chi connectivity index (χ4v) is 1.45. The van der Waals surface area contributed by atoms with Crippen LogP contribution in [0.5, 0.6) is 0 Å². The Morgan fingerprint density at radius 3 is 2.41 bits per heavy atom. The highest BCUT2D eigenvalue weighted by molar-refractivity contribution is 6.58. The van der Waals surface area contributed by atoms with E-state index < -0.39 is 7.12 Å². The van der Waals surface area contributed by atoms with Crippen molar-refractivity contribution in [3.63, 3.8) is 0 Å². The van der Waals surface area contributed by atoms with Gasteiger partial charge in [-0.05, 0) is 23.2 Å². The number of hydrogen-bond donors (Lipinski definition) is 2. The average Bonchev–Trinajstić information content (AvgIpc) is 2.83. The second-order valence-corrected chi connectivity index (χ2v) is 3.69. The van der Waals surface area contributed by atoms with E-state index in [2.05, 4.69) is 0 Å². The molecule has 0 aliphatic carbocycles. The van der Waals surface area contributed by atoms with Crippen LogP contribution in [0.2, 0.25) is 0 Å². The molecule has 0 aliphatic heterocycles.